The number of nitrogens with one attached hydrogen (secondary N) is 2. The minimum absolute atomic E-state index is 0.0292. The molecule has 128 valence electrons. The fourth-order valence-corrected chi connectivity index (χ4v) is 2.52. The maximum Gasteiger partial charge on any atom is 0.319 e. The molecular weight excluding hydrogens is 328 g/mol. The van der Waals surface area contributed by atoms with Gasteiger partial charge in [-0.3, -0.25) is 0 Å². The van der Waals surface area contributed by atoms with E-state index in [-0.39, 0.29) is 12.1 Å². The van der Waals surface area contributed by atoms with E-state index in [2.05, 4.69) is 15.6 Å². The van der Waals surface area contributed by atoms with Gasteiger partial charge in [0.1, 0.15) is 0 Å². The van der Waals surface area contributed by atoms with E-state index in [1.165, 1.54) is 13.3 Å². The van der Waals surface area contributed by atoms with E-state index < -0.39 is 0 Å². The summed E-state index contributed by atoms with van der Waals surface area (Å²) < 4.78 is 4.98. The van der Waals surface area contributed by atoms with E-state index in [1.54, 1.807) is 12.1 Å². The van der Waals surface area contributed by atoms with Crippen LogP contribution in [0.3, 0.4) is 0 Å². The van der Waals surface area contributed by atoms with Crippen molar-refractivity contribution in [1.29, 1.82) is 0 Å². The Morgan fingerprint density at radius 3 is 2.62 bits per heavy atom. The number of rotatable bonds is 6. The molecule has 2 aromatic rings. The molecule has 0 saturated heterocycles. The predicted octanol–water partition coefficient (Wildman–Crippen LogP) is 3.17. The number of nitrogens with zero attached hydrogens (tertiary/aromatic N) is 2. The molecule has 1 atom stereocenters. The van der Waals surface area contributed by atoms with Crippen LogP contribution in [0.1, 0.15) is 11.6 Å². The van der Waals surface area contributed by atoms with Gasteiger partial charge in [0.15, 0.2) is 0 Å². The van der Waals surface area contributed by atoms with Crippen LogP contribution in [0.4, 0.5) is 10.5 Å². The summed E-state index contributed by atoms with van der Waals surface area (Å²) in [7, 11) is 5.43. The Kier molecular flexibility index (Phi) is 6.40. The normalized spacial score (nSPS) is 11.9. The second kappa shape index (κ2) is 8.52. The van der Waals surface area contributed by atoms with E-state index in [0.717, 1.165) is 5.56 Å². The number of anilines is 1. The van der Waals surface area contributed by atoms with Crippen molar-refractivity contribution in [3.63, 3.8) is 0 Å². The second-order valence-corrected chi connectivity index (χ2v) is 5.83. The first-order valence-corrected chi connectivity index (χ1v) is 7.85. The van der Waals surface area contributed by atoms with Crippen molar-refractivity contribution in [1.82, 2.24) is 15.2 Å². The van der Waals surface area contributed by atoms with Crippen LogP contribution in [0.5, 0.6) is 5.88 Å². The molecule has 7 heteroatoms. The number of hydrogen-bond acceptors (Lipinski definition) is 4. The minimum Gasteiger partial charge on any atom is -0.481 e. The first kappa shape index (κ1) is 18.0. The summed E-state index contributed by atoms with van der Waals surface area (Å²) >= 11 is 6.26. The summed E-state index contributed by atoms with van der Waals surface area (Å²) in [6, 6.07) is 10.7. The maximum absolute atomic E-state index is 12.1. The highest BCUT2D eigenvalue weighted by Crippen LogP contribution is 2.25. The van der Waals surface area contributed by atoms with Crippen LogP contribution in [0.2, 0.25) is 5.02 Å². The van der Waals surface area contributed by atoms with Crippen molar-refractivity contribution in [3.05, 3.63) is 53.2 Å². The van der Waals surface area contributed by atoms with E-state index in [1.807, 2.05) is 43.3 Å². The fourth-order valence-electron chi connectivity index (χ4n) is 2.26. The number of aromatic nitrogens is 1. The minimum atomic E-state index is -0.305. The van der Waals surface area contributed by atoms with Crippen molar-refractivity contribution in [3.8, 4) is 5.88 Å². The number of halogens is 1. The molecule has 0 bridgehead atoms. The van der Waals surface area contributed by atoms with Crippen molar-refractivity contribution < 1.29 is 9.53 Å². The van der Waals surface area contributed by atoms with Gasteiger partial charge in [0.2, 0.25) is 5.88 Å². The number of amides is 2. The van der Waals surface area contributed by atoms with E-state index in [4.69, 9.17) is 16.3 Å². The van der Waals surface area contributed by atoms with Crippen LogP contribution in [0.15, 0.2) is 42.6 Å². The van der Waals surface area contributed by atoms with Crippen molar-refractivity contribution >= 4 is 23.3 Å². The molecule has 24 heavy (non-hydrogen) atoms. The van der Waals surface area contributed by atoms with Gasteiger partial charge in [-0.25, -0.2) is 9.78 Å². The van der Waals surface area contributed by atoms with Crippen LogP contribution < -0.4 is 15.4 Å². The molecule has 2 rings (SSSR count). The lowest BCUT2D eigenvalue weighted by molar-refractivity contribution is 0.243. The molecule has 0 spiro atoms. The SMILES string of the molecule is COc1ccc(NC(=O)NCC(c2ccccc2Cl)N(C)C)cn1. The van der Waals surface area contributed by atoms with Crippen LogP contribution in [0.25, 0.3) is 0 Å². The van der Waals surface area contributed by atoms with E-state index in [0.29, 0.717) is 23.1 Å². The summed E-state index contributed by atoms with van der Waals surface area (Å²) in [6.07, 6.45) is 1.54. The van der Waals surface area contributed by atoms with Crippen molar-refractivity contribution in [2.45, 2.75) is 6.04 Å². The summed E-state index contributed by atoms with van der Waals surface area (Å²) in [4.78, 5) is 18.1. The summed E-state index contributed by atoms with van der Waals surface area (Å²) in [5, 5.41) is 6.27. The van der Waals surface area contributed by atoms with Gasteiger partial charge >= 0.3 is 6.03 Å². The van der Waals surface area contributed by atoms with Crippen molar-refractivity contribution in [2.75, 3.05) is 33.1 Å². The molecular formula is C17H21ClN4O2. The average Bonchev–Trinajstić information content (AvgIpc) is 2.57. The molecule has 1 unspecified atom stereocenters. The van der Waals surface area contributed by atoms with E-state index >= 15 is 0 Å². The predicted molar refractivity (Wildman–Crippen MR) is 95.7 cm³/mol. The first-order valence-electron chi connectivity index (χ1n) is 7.47. The number of methoxy groups -OCH3 is 1. The Labute approximate surface area is 146 Å². The monoisotopic (exact) mass is 348 g/mol. The number of pyridine rings is 1. The van der Waals surface area contributed by atoms with Gasteiger partial charge in [-0.2, -0.15) is 0 Å². The highest BCUT2D eigenvalue weighted by Gasteiger charge is 2.17. The molecule has 0 aliphatic heterocycles. The summed E-state index contributed by atoms with van der Waals surface area (Å²) in [5.41, 5.74) is 1.56. The first-order chi connectivity index (χ1) is 11.5. The van der Waals surface area contributed by atoms with Gasteiger partial charge in [0.05, 0.1) is 25.0 Å². The Morgan fingerprint density at radius 2 is 2.04 bits per heavy atom. The molecule has 1 aromatic heterocycles. The zero-order chi connectivity index (χ0) is 17.5. The van der Waals surface area contributed by atoms with Gasteiger partial charge < -0.3 is 20.3 Å². The van der Waals surface area contributed by atoms with Gasteiger partial charge in [-0.15, -0.1) is 0 Å². The zero-order valence-electron chi connectivity index (χ0n) is 13.9. The largest absolute Gasteiger partial charge is 0.481 e. The average molecular weight is 349 g/mol. The van der Waals surface area contributed by atoms with Crippen LogP contribution in [-0.4, -0.2) is 43.7 Å². The van der Waals surface area contributed by atoms with Crippen LogP contribution in [-0.2, 0) is 0 Å². The van der Waals surface area contributed by atoms with Gasteiger partial charge in [-0.1, -0.05) is 29.8 Å². The molecule has 0 fully saturated rings. The quantitative estimate of drug-likeness (QED) is 0.841. The summed E-state index contributed by atoms with van der Waals surface area (Å²) in [5.74, 6) is 0.493. The number of ether oxygens (including phenoxy) is 1. The van der Waals surface area contributed by atoms with E-state index in [9.17, 15) is 4.79 Å². The summed E-state index contributed by atoms with van der Waals surface area (Å²) in [6.45, 7) is 0.423. The Morgan fingerprint density at radius 1 is 1.29 bits per heavy atom. The molecule has 1 aromatic carbocycles. The third kappa shape index (κ3) is 4.84. The number of carbonyl (C=O) groups is 1. The molecule has 0 aliphatic carbocycles. The Hall–Kier alpha value is -2.31. The Balaban J connectivity index is 1.96. The molecule has 2 amide bonds. The molecule has 0 saturated carbocycles. The number of hydrogen-bond donors (Lipinski definition) is 2. The topological polar surface area (TPSA) is 66.5 Å². The highest BCUT2D eigenvalue weighted by molar-refractivity contribution is 6.31. The van der Waals surface area contributed by atoms with Gasteiger partial charge in [0, 0.05) is 17.6 Å². The lowest BCUT2D eigenvalue weighted by atomic mass is 10.1. The number of likely N-dealkylation sites (N-methyl/N-ethyl adjacent to an activating group) is 1. The third-order valence-electron chi connectivity index (χ3n) is 3.55. The van der Waals surface area contributed by atoms with Gasteiger partial charge in [-0.05, 0) is 31.8 Å². The standard InChI is InChI=1S/C17H21ClN4O2/c1-22(2)15(13-6-4-5-7-14(13)18)11-20-17(23)21-12-8-9-16(24-3)19-10-12/h4-10,15H,11H2,1-3H3,(H2,20,21,23). The number of urea groups is 1. The lowest BCUT2D eigenvalue weighted by Gasteiger charge is -2.26. The second-order valence-electron chi connectivity index (χ2n) is 5.43. The maximum atomic E-state index is 12.1. The van der Waals surface area contributed by atoms with Gasteiger partial charge in [0.25, 0.3) is 0 Å². The molecule has 0 aliphatic rings. The molecule has 6 nitrogen and oxygen atoms in total. The molecule has 0 radical (unpaired) electrons. The number of benzene rings is 1. The fraction of sp³-hybridized carbons (Fsp3) is 0.294. The lowest BCUT2D eigenvalue weighted by Crippen LogP contribution is -2.37. The zero-order valence-corrected chi connectivity index (χ0v) is 14.7. The number of carbonyl (C=O) groups excluding carboxylic acids is 1. The smallest absolute Gasteiger partial charge is 0.319 e. The van der Waals surface area contributed by atoms with Crippen LogP contribution in [0, 0.1) is 0 Å². The third-order valence-corrected chi connectivity index (χ3v) is 3.89. The van der Waals surface area contributed by atoms with Crippen LogP contribution >= 0.6 is 11.6 Å². The molecule has 1 heterocycles. The van der Waals surface area contributed by atoms with Crippen molar-refractivity contribution in [2.24, 2.45) is 0 Å². The molecule has 2 N–H and O–H groups in total. The Bertz CT molecular complexity index is 677. The highest BCUT2D eigenvalue weighted by atomic mass is 35.5.